The molecule has 2 rings (SSSR count). The summed E-state index contributed by atoms with van der Waals surface area (Å²) in [6.07, 6.45) is 1.76. The Morgan fingerprint density at radius 3 is 2.89 bits per heavy atom. The van der Waals surface area contributed by atoms with Crippen LogP contribution < -0.4 is 15.8 Å². The summed E-state index contributed by atoms with van der Waals surface area (Å²) in [4.78, 5) is 15.5. The third kappa shape index (κ3) is 3.03. The van der Waals surface area contributed by atoms with Gasteiger partial charge in [-0.3, -0.25) is 4.79 Å². The maximum absolute atomic E-state index is 11.2. The zero-order valence-electron chi connectivity index (χ0n) is 10.7. The number of amides is 1. The fourth-order valence-electron chi connectivity index (χ4n) is 1.72. The highest BCUT2D eigenvalue weighted by Gasteiger charge is 2.12. The molecule has 0 bridgehead atoms. The second-order valence-electron chi connectivity index (χ2n) is 4.02. The molecular formula is C13H15N3O2S. The third-order valence-corrected chi connectivity index (χ3v) is 3.64. The van der Waals surface area contributed by atoms with E-state index in [9.17, 15) is 4.79 Å². The number of nitrogens with one attached hydrogen (secondary N) is 1. The number of aromatic nitrogens is 1. The smallest absolute Gasteiger partial charge is 0.248 e. The highest BCUT2D eigenvalue weighted by molar-refractivity contribution is 7.09. The molecular weight excluding hydrogens is 262 g/mol. The van der Waals surface area contributed by atoms with Crippen molar-refractivity contribution in [1.82, 2.24) is 4.98 Å². The molecule has 1 heterocycles. The summed E-state index contributed by atoms with van der Waals surface area (Å²) in [5.74, 6) is 0.195. The van der Waals surface area contributed by atoms with E-state index in [4.69, 9.17) is 10.5 Å². The van der Waals surface area contributed by atoms with Gasteiger partial charge in [-0.15, -0.1) is 11.3 Å². The number of methoxy groups -OCH3 is 1. The summed E-state index contributed by atoms with van der Waals surface area (Å²) >= 11 is 1.57. The molecule has 1 amide bonds. The Kier molecular flexibility index (Phi) is 4.01. The van der Waals surface area contributed by atoms with Crippen LogP contribution in [-0.4, -0.2) is 18.0 Å². The van der Waals surface area contributed by atoms with Crippen molar-refractivity contribution in [3.63, 3.8) is 0 Å². The van der Waals surface area contributed by atoms with Crippen LogP contribution in [0.4, 0.5) is 5.69 Å². The number of hydrogen-bond donors (Lipinski definition) is 2. The third-order valence-electron chi connectivity index (χ3n) is 2.68. The minimum Gasteiger partial charge on any atom is -0.495 e. The van der Waals surface area contributed by atoms with E-state index in [0.29, 0.717) is 11.3 Å². The summed E-state index contributed by atoms with van der Waals surface area (Å²) in [6, 6.07) is 5.07. The Morgan fingerprint density at radius 2 is 2.32 bits per heavy atom. The number of carbonyl (C=O) groups excluding carboxylic acids is 1. The van der Waals surface area contributed by atoms with Gasteiger partial charge in [0.05, 0.1) is 18.8 Å². The van der Waals surface area contributed by atoms with E-state index in [0.717, 1.165) is 10.7 Å². The first kappa shape index (κ1) is 13.4. The summed E-state index contributed by atoms with van der Waals surface area (Å²) in [6.45, 7) is 2.00. The van der Waals surface area contributed by atoms with Crippen LogP contribution in [0.1, 0.15) is 28.3 Å². The van der Waals surface area contributed by atoms with Crippen molar-refractivity contribution in [2.45, 2.75) is 13.0 Å². The standard InChI is InChI=1S/C13H15N3O2S/c1-8(13-15-5-6-19-13)16-10-7-9(12(14)17)3-4-11(10)18-2/h3-8,16H,1-2H3,(H2,14,17). The number of anilines is 1. The Bertz CT molecular complexity index is 569. The van der Waals surface area contributed by atoms with Gasteiger partial charge in [-0.25, -0.2) is 4.98 Å². The molecule has 1 aromatic heterocycles. The van der Waals surface area contributed by atoms with Crippen LogP contribution in [0.5, 0.6) is 5.75 Å². The first-order valence-corrected chi connectivity index (χ1v) is 6.63. The van der Waals surface area contributed by atoms with Gasteiger partial charge in [0, 0.05) is 17.1 Å². The van der Waals surface area contributed by atoms with Gasteiger partial charge in [0.15, 0.2) is 0 Å². The Labute approximate surface area is 115 Å². The van der Waals surface area contributed by atoms with Gasteiger partial charge in [-0.05, 0) is 25.1 Å². The lowest BCUT2D eigenvalue weighted by Gasteiger charge is -2.16. The number of nitrogens with zero attached hydrogens (tertiary/aromatic N) is 1. The number of thiazole rings is 1. The Balaban J connectivity index is 2.27. The van der Waals surface area contributed by atoms with Crippen LogP contribution in [0.25, 0.3) is 0 Å². The number of rotatable bonds is 5. The van der Waals surface area contributed by atoms with E-state index in [1.165, 1.54) is 0 Å². The van der Waals surface area contributed by atoms with Crippen molar-refractivity contribution in [1.29, 1.82) is 0 Å². The number of primary amides is 1. The first-order chi connectivity index (χ1) is 9.11. The van der Waals surface area contributed by atoms with Crippen LogP contribution in [0.15, 0.2) is 29.8 Å². The molecule has 6 heteroatoms. The molecule has 0 fully saturated rings. The molecule has 100 valence electrons. The van der Waals surface area contributed by atoms with Crippen molar-refractivity contribution in [3.05, 3.63) is 40.3 Å². The monoisotopic (exact) mass is 277 g/mol. The molecule has 19 heavy (non-hydrogen) atoms. The van der Waals surface area contributed by atoms with Gasteiger partial charge >= 0.3 is 0 Å². The molecule has 2 aromatic rings. The van der Waals surface area contributed by atoms with Crippen molar-refractivity contribution in [2.24, 2.45) is 5.73 Å². The van der Waals surface area contributed by atoms with Gasteiger partial charge < -0.3 is 15.8 Å². The van der Waals surface area contributed by atoms with E-state index in [-0.39, 0.29) is 6.04 Å². The molecule has 1 aromatic carbocycles. The molecule has 0 aliphatic heterocycles. The molecule has 1 unspecified atom stereocenters. The average molecular weight is 277 g/mol. The zero-order valence-corrected chi connectivity index (χ0v) is 11.5. The van der Waals surface area contributed by atoms with E-state index in [1.807, 2.05) is 12.3 Å². The summed E-state index contributed by atoms with van der Waals surface area (Å²) in [5.41, 5.74) is 6.44. The molecule has 0 aliphatic rings. The van der Waals surface area contributed by atoms with E-state index in [1.54, 1.807) is 42.8 Å². The normalized spacial score (nSPS) is 11.9. The first-order valence-electron chi connectivity index (χ1n) is 5.75. The van der Waals surface area contributed by atoms with Gasteiger partial charge in [0.2, 0.25) is 5.91 Å². The number of carbonyl (C=O) groups is 1. The number of hydrogen-bond acceptors (Lipinski definition) is 5. The minimum atomic E-state index is -0.465. The predicted octanol–water partition coefficient (Wildman–Crippen LogP) is 2.42. The maximum atomic E-state index is 11.2. The number of nitrogens with two attached hydrogens (primary N) is 1. The highest BCUT2D eigenvalue weighted by Crippen LogP contribution is 2.29. The van der Waals surface area contributed by atoms with Crippen LogP contribution in [0.2, 0.25) is 0 Å². The van der Waals surface area contributed by atoms with Crippen LogP contribution in [0, 0.1) is 0 Å². The topological polar surface area (TPSA) is 77.2 Å². The molecule has 1 atom stereocenters. The maximum Gasteiger partial charge on any atom is 0.248 e. The van der Waals surface area contributed by atoms with E-state index in [2.05, 4.69) is 10.3 Å². The number of benzene rings is 1. The van der Waals surface area contributed by atoms with Crippen LogP contribution in [-0.2, 0) is 0 Å². The minimum absolute atomic E-state index is 0.0250. The molecule has 3 N–H and O–H groups in total. The second kappa shape index (κ2) is 5.71. The fourth-order valence-corrected chi connectivity index (χ4v) is 2.36. The largest absolute Gasteiger partial charge is 0.495 e. The lowest BCUT2D eigenvalue weighted by molar-refractivity contribution is 0.100. The van der Waals surface area contributed by atoms with Crippen molar-refractivity contribution >= 4 is 22.9 Å². The van der Waals surface area contributed by atoms with Gasteiger partial charge in [-0.2, -0.15) is 0 Å². The second-order valence-corrected chi connectivity index (χ2v) is 4.94. The molecule has 5 nitrogen and oxygen atoms in total. The van der Waals surface area contributed by atoms with Crippen molar-refractivity contribution in [2.75, 3.05) is 12.4 Å². The summed E-state index contributed by atoms with van der Waals surface area (Å²) in [7, 11) is 1.58. The Morgan fingerprint density at radius 1 is 1.53 bits per heavy atom. The molecule has 0 aliphatic carbocycles. The average Bonchev–Trinajstić information content (AvgIpc) is 2.92. The van der Waals surface area contributed by atoms with Gasteiger partial charge in [-0.1, -0.05) is 0 Å². The van der Waals surface area contributed by atoms with Gasteiger partial charge in [0.1, 0.15) is 10.8 Å². The summed E-state index contributed by atoms with van der Waals surface area (Å²) < 4.78 is 5.27. The zero-order chi connectivity index (χ0) is 13.8. The molecule has 0 saturated carbocycles. The molecule has 0 radical (unpaired) electrons. The van der Waals surface area contributed by atoms with Crippen molar-refractivity contribution < 1.29 is 9.53 Å². The van der Waals surface area contributed by atoms with E-state index >= 15 is 0 Å². The van der Waals surface area contributed by atoms with E-state index < -0.39 is 5.91 Å². The lowest BCUT2D eigenvalue weighted by atomic mass is 10.1. The SMILES string of the molecule is COc1ccc(C(N)=O)cc1NC(C)c1nccs1. The van der Waals surface area contributed by atoms with Crippen molar-refractivity contribution in [3.8, 4) is 5.75 Å². The molecule has 0 spiro atoms. The Hall–Kier alpha value is -2.08. The summed E-state index contributed by atoms with van der Waals surface area (Å²) in [5, 5.41) is 6.16. The highest BCUT2D eigenvalue weighted by atomic mass is 32.1. The van der Waals surface area contributed by atoms with Crippen LogP contribution >= 0.6 is 11.3 Å². The van der Waals surface area contributed by atoms with Gasteiger partial charge in [0.25, 0.3) is 0 Å². The predicted molar refractivity (Wildman–Crippen MR) is 75.7 cm³/mol. The fraction of sp³-hybridized carbons (Fsp3) is 0.231. The lowest BCUT2D eigenvalue weighted by Crippen LogP contribution is -2.13. The quantitative estimate of drug-likeness (QED) is 0.880. The number of ether oxygens (including phenoxy) is 1. The molecule has 0 saturated heterocycles. The van der Waals surface area contributed by atoms with Crippen LogP contribution in [0.3, 0.4) is 0 Å².